The molecule has 2 aromatic carbocycles. The number of hydrogen-bond acceptors (Lipinski definition) is 6. The first-order valence-corrected chi connectivity index (χ1v) is 12.4. The first kappa shape index (κ1) is 27.0. The van der Waals surface area contributed by atoms with Gasteiger partial charge in [-0.3, -0.25) is 9.69 Å². The van der Waals surface area contributed by atoms with E-state index in [9.17, 15) is 9.59 Å². The Morgan fingerprint density at radius 1 is 1.00 bits per heavy atom. The highest BCUT2D eigenvalue weighted by Crippen LogP contribution is 2.23. The molecular formula is C28H36N4O4. The molecule has 1 saturated heterocycles. The Morgan fingerprint density at radius 3 is 2.14 bits per heavy atom. The second-order valence-electron chi connectivity index (χ2n) is 9.95. The molecule has 0 spiro atoms. The number of ether oxygens (including phenoxy) is 2. The molecule has 1 N–H and O–H groups in total. The third kappa shape index (κ3) is 8.28. The minimum Gasteiger partial charge on any atom is -0.494 e. The van der Waals surface area contributed by atoms with Crippen molar-refractivity contribution in [3.05, 3.63) is 54.1 Å². The normalized spacial score (nSPS) is 15.0. The summed E-state index contributed by atoms with van der Waals surface area (Å²) in [5.74, 6) is 0.739. The van der Waals surface area contributed by atoms with E-state index >= 15 is 0 Å². The lowest BCUT2D eigenvalue weighted by molar-refractivity contribution is -0.134. The Labute approximate surface area is 213 Å². The summed E-state index contributed by atoms with van der Waals surface area (Å²) in [5.41, 5.74) is 2.19. The largest absolute Gasteiger partial charge is 0.494 e. The third-order valence-corrected chi connectivity index (χ3v) is 5.88. The number of hydrogen-bond donors (Lipinski definition) is 1. The molecule has 2 aromatic rings. The van der Waals surface area contributed by atoms with Gasteiger partial charge in [-0.15, -0.1) is 0 Å². The highest BCUT2D eigenvalue weighted by atomic mass is 16.6. The lowest BCUT2D eigenvalue weighted by atomic mass is 10.0. The molecule has 36 heavy (non-hydrogen) atoms. The zero-order valence-electron chi connectivity index (χ0n) is 21.6. The molecular weight excluding hydrogens is 456 g/mol. The van der Waals surface area contributed by atoms with E-state index in [-0.39, 0.29) is 5.91 Å². The molecule has 1 aliphatic rings. The summed E-state index contributed by atoms with van der Waals surface area (Å²) < 4.78 is 11.1. The summed E-state index contributed by atoms with van der Waals surface area (Å²) >= 11 is 0. The number of piperazine rings is 1. The van der Waals surface area contributed by atoms with Gasteiger partial charge < -0.3 is 19.7 Å². The number of nitriles is 1. The van der Waals surface area contributed by atoms with Crippen molar-refractivity contribution in [3.63, 3.8) is 0 Å². The molecule has 1 heterocycles. The summed E-state index contributed by atoms with van der Waals surface area (Å²) in [5, 5.41) is 11.6. The SMILES string of the molecule is C[C@@H](NC(=O)OC(C)(C)C)C(=O)N1CCN(CCCOc2ccc(-c3ccc(C#N)cc3)cc2)CC1. The van der Waals surface area contributed by atoms with Crippen LogP contribution in [0.25, 0.3) is 11.1 Å². The summed E-state index contributed by atoms with van der Waals surface area (Å²) in [4.78, 5) is 28.7. The van der Waals surface area contributed by atoms with Gasteiger partial charge in [-0.05, 0) is 69.5 Å². The van der Waals surface area contributed by atoms with Gasteiger partial charge in [0.15, 0.2) is 0 Å². The molecule has 0 unspecified atom stereocenters. The zero-order valence-corrected chi connectivity index (χ0v) is 21.6. The van der Waals surface area contributed by atoms with Crippen molar-refractivity contribution in [2.75, 3.05) is 39.3 Å². The van der Waals surface area contributed by atoms with Crippen LogP contribution < -0.4 is 10.1 Å². The standard InChI is InChI=1S/C28H36N4O4/c1-21(30-27(34)36-28(2,3)4)26(33)32-17-15-31(16-18-32)14-5-19-35-25-12-10-24(11-13-25)23-8-6-22(20-29)7-9-23/h6-13,21H,5,14-19H2,1-4H3,(H,30,34)/t21-/m1/s1. The lowest BCUT2D eigenvalue weighted by Crippen LogP contribution is -2.54. The molecule has 1 atom stereocenters. The van der Waals surface area contributed by atoms with Gasteiger partial charge in [-0.1, -0.05) is 24.3 Å². The molecule has 1 fully saturated rings. The van der Waals surface area contributed by atoms with E-state index in [0.717, 1.165) is 42.9 Å². The zero-order chi connectivity index (χ0) is 26.1. The molecule has 192 valence electrons. The minimum atomic E-state index is -0.622. The van der Waals surface area contributed by atoms with Crippen molar-refractivity contribution < 1.29 is 19.1 Å². The molecule has 0 radical (unpaired) electrons. The van der Waals surface area contributed by atoms with Gasteiger partial charge in [0.1, 0.15) is 17.4 Å². The van der Waals surface area contributed by atoms with Crippen molar-refractivity contribution in [1.29, 1.82) is 5.26 Å². The Hall–Kier alpha value is -3.57. The van der Waals surface area contributed by atoms with Crippen LogP contribution in [0.1, 0.15) is 39.7 Å². The van der Waals surface area contributed by atoms with Crippen LogP contribution in [-0.4, -0.2) is 72.8 Å². The van der Waals surface area contributed by atoms with Crippen LogP contribution in [0, 0.1) is 11.3 Å². The molecule has 8 heteroatoms. The molecule has 8 nitrogen and oxygen atoms in total. The molecule has 3 rings (SSSR count). The van der Waals surface area contributed by atoms with Crippen LogP contribution in [0.15, 0.2) is 48.5 Å². The second-order valence-corrected chi connectivity index (χ2v) is 9.95. The van der Waals surface area contributed by atoms with Gasteiger partial charge in [0.05, 0.1) is 18.2 Å². The number of alkyl carbamates (subject to hydrolysis) is 1. The first-order chi connectivity index (χ1) is 17.1. The van der Waals surface area contributed by atoms with Crippen LogP contribution >= 0.6 is 0 Å². The van der Waals surface area contributed by atoms with Gasteiger partial charge in [-0.25, -0.2) is 4.79 Å². The van der Waals surface area contributed by atoms with Crippen molar-refractivity contribution in [3.8, 4) is 22.9 Å². The van der Waals surface area contributed by atoms with E-state index in [1.807, 2.05) is 48.5 Å². The maximum atomic E-state index is 12.7. The van der Waals surface area contributed by atoms with E-state index in [1.54, 1.807) is 32.6 Å². The first-order valence-electron chi connectivity index (χ1n) is 12.4. The predicted molar refractivity (Wildman–Crippen MR) is 139 cm³/mol. The van der Waals surface area contributed by atoms with Gasteiger partial charge in [0.2, 0.25) is 5.91 Å². The van der Waals surface area contributed by atoms with Crippen molar-refractivity contribution in [1.82, 2.24) is 15.1 Å². The quantitative estimate of drug-likeness (QED) is 0.559. The van der Waals surface area contributed by atoms with Gasteiger partial charge in [0, 0.05) is 32.7 Å². The number of carbonyl (C=O) groups excluding carboxylic acids is 2. The fraction of sp³-hybridized carbons (Fsp3) is 0.464. The predicted octanol–water partition coefficient (Wildman–Crippen LogP) is 4.05. The topological polar surface area (TPSA) is 94.9 Å². The molecule has 2 amide bonds. The van der Waals surface area contributed by atoms with Crippen molar-refractivity contribution in [2.24, 2.45) is 0 Å². The van der Waals surface area contributed by atoms with E-state index < -0.39 is 17.7 Å². The van der Waals surface area contributed by atoms with Crippen molar-refractivity contribution >= 4 is 12.0 Å². The van der Waals surface area contributed by atoms with E-state index in [4.69, 9.17) is 14.7 Å². The minimum absolute atomic E-state index is 0.0895. The fourth-order valence-electron chi connectivity index (χ4n) is 3.97. The monoisotopic (exact) mass is 492 g/mol. The van der Waals surface area contributed by atoms with Gasteiger partial charge in [0.25, 0.3) is 0 Å². The Kier molecular flexibility index (Phi) is 9.31. The summed E-state index contributed by atoms with van der Waals surface area (Å²) in [6.45, 7) is 11.4. The van der Waals surface area contributed by atoms with Crippen LogP contribution in [-0.2, 0) is 9.53 Å². The fourth-order valence-corrected chi connectivity index (χ4v) is 3.97. The highest BCUT2D eigenvalue weighted by molar-refractivity contribution is 5.85. The number of amides is 2. The van der Waals surface area contributed by atoms with Gasteiger partial charge in [-0.2, -0.15) is 5.26 Å². The average molecular weight is 493 g/mol. The number of nitrogens with zero attached hydrogens (tertiary/aromatic N) is 3. The van der Waals surface area contributed by atoms with E-state index in [2.05, 4.69) is 16.3 Å². The average Bonchev–Trinajstić information content (AvgIpc) is 2.86. The van der Waals surface area contributed by atoms with Crippen LogP contribution in [0.4, 0.5) is 4.79 Å². The molecule has 0 aliphatic carbocycles. The maximum absolute atomic E-state index is 12.7. The molecule has 0 aromatic heterocycles. The number of carbonyl (C=O) groups is 2. The van der Waals surface area contributed by atoms with E-state index in [0.29, 0.717) is 25.3 Å². The molecule has 0 saturated carbocycles. The maximum Gasteiger partial charge on any atom is 0.408 e. The Balaban J connectivity index is 1.34. The van der Waals surface area contributed by atoms with E-state index in [1.165, 1.54) is 0 Å². The summed E-state index contributed by atoms with van der Waals surface area (Å²) in [6.07, 6.45) is 0.313. The highest BCUT2D eigenvalue weighted by Gasteiger charge is 2.27. The summed E-state index contributed by atoms with van der Waals surface area (Å²) in [6, 6.07) is 17.0. The summed E-state index contributed by atoms with van der Waals surface area (Å²) in [7, 11) is 0. The smallest absolute Gasteiger partial charge is 0.408 e. The number of benzene rings is 2. The Bertz CT molecular complexity index is 1050. The van der Waals surface area contributed by atoms with Crippen LogP contribution in [0.3, 0.4) is 0 Å². The molecule has 0 bridgehead atoms. The molecule has 1 aliphatic heterocycles. The van der Waals surface area contributed by atoms with Gasteiger partial charge >= 0.3 is 6.09 Å². The lowest BCUT2D eigenvalue weighted by Gasteiger charge is -2.36. The second kappa shape index (κ2) is 12.4. The third-order valence-electron chi connectivity index (χ3n) is 5.88. The number of nitrogens with one attached hydrogen (secondary N) is 1. The van der Waals surface area contributed by atoms with Crippen molar-refractivity contribution in [2.45, 2.75) is 45.8 Å². The van der Waals surface area contributed by atoms with Crippen LogP contribution in [0.5, 0.6) is 5.75 Å². The van der Waals surface area contributed by atoms with Crippen LogP contribution in [0.2, 0.25) is 0 Å². The number of rotatable bonds is 8. The Morgan fingerprint density at radius 2 is 1.58 bits per heavy atom.